The van der Waals surface area contributed by atoms with Gasteiger partial charge < -0.3 is 5.11 Å². The van der Waals surface area contributed by atoms with Crippen molar-refractivity contribution in [3.8, 4) is 0 Å². The van der Waals surface area contributed by atoms with Crippen LogP contribution in [0.4, 0.5) is 52.7 Å². The highest BCUT2D eigenvalue weighted by atomic mass is 19.4. The summed E-state index contributed by atoms with van der Waals surface area (Å²) in [6, 6.07) is 0. The molecule has 1 saturated carbocycles. The van der Waals surface area contributed by atoms with E-state index in [1.807, 2.05) is 0 Å². The Morgan fingerprint density at radius 3 is 1.33 bits per heavy atom. The maximum absolute atomic E-state index is 13.2. The highest BCUT2D eigenvalue weighted by Gasteiger charge is 2.77. The number of aliphatic hydroxyl groups is 1. The van der Waals surface area contributed by atoms with Gasteiger partial charge in [0.25, 0.3) is 5.60 Å². The summed E-state index contributed by atoms with van der Waals surface area (Å²) in [5.74, 6) is -7.00. The average molecular weight is 428 g/mol. The molecule has 0 aromatic carbocycles. The highest BCUT2D eigenvalue weighted by molar-refractivity contribution is 5.06. The lowest BCUT2D eigenvalue weighted by Crippen LogP contribution is -2.64. The van der Waals surface area contributed by atoms with Gasteiger partial charge in [0.1, 0.15) is 0 Å². The van der Waals surface area contributed by atoms with E-state index in [4.69, 9.17) is 0 Å². The Morgan fingerprint density at radius 1 is 0.667 bits per heavy atom. The average Bonchev–Trinajstić information content (AvgIpc) is 2.41. The molecule has 0 aromatic rings. The van der Waals surface area contributed by atoms with E-state index < -0.39 is 72.7 Å². The Kier molecular flexibility index (Phi) is 5.89. The van der Waals surface area contributed by atoms with E-state index in [-0.39, 0.29) is 6.92 Å². The van der Waals surface area contributed by atoms with Crippen molar-refractivity contribution in [1.82, 2.24) is 0 Å². The molecule has 13 heteroatoms. The number of hydrogen-bond acceptors (Lipinski definition) is 1. The van der Waals surface area contributed by atoms with Crippen molar-refractivity contribution in [2.45, 2.75) is 63.4 Å². The van der Waals surface area contributed by atoms with Crippen LogP contribution >= 0.6 is 0 Å². The molecule has 0 amide bonds. The summed E-state index contributed by atoms with van der Waals surface area (Å²) < 4.78 is 157. The summed E-state index contributed by atoms with van der Waals surface area (Å²) in [4.78, 5) is 0. The van der Waals surface area contributed by atoms with Crippen molar-refractivity contribution >= 4 is 0 Å². The molecule has 1 nitrogen and oxygen atoms in total. The number of halogens is 12. The Hall–Kier alpha value is -0.880. The highest BCUT2D eigenvalue weighted by Crippen LogP contribution is 2.62. The molecule has 27 heavy (non-hydrogen) atoms. The van der Waals surface area contributed by atoms with E-state index in [1.54, 1.807) is 0 Å². The Labute approximate surface area is 145 Å². The van der Waals surface area contributed by atoms with Crippen LogP contribution < -0.4 is 0 Å². The number of rotatable bonds is 2. The second kappa shape index (κ2) is 6.58. The molecule has 0 heterocycles. The van der Waals surface area contributed by atoms with E-state index >= 15 is 0 Å². The largest absolute Gasteiger partial charge is 0.426 e. The summed E-state index contributed by atoms with van der Waals surface area (Å²) in [5.41, 5.74) is -9.94. The number of alkyl halides is 12. The summed E-state index contributed by atoms with van der Waals surface area (Å²) >= 11 is 0. The molecule has 0 saturated heterocycles. The molecule has 1 aliphatic rings. The van der Waals surface area contributed by atoms with Crippen molar-refractivity contribution in [2.75, 3.05) is 0 Å². The lowest BCUT2D eigenvalue weighted by molar-refractivity contribution is -0.395. The van der Waals surface area contributed by atoms with Crippen molar-refractivity contribution < 1.29 is 57.8 Å². The van der Waals surface area contributed by atoms with Crippen LogP contribution in [0.5, 0.6) is 0 Å². The molecule has 0 radical (unpaired) electrons. The quantitative estimate of drug-likeness (QED) is 0.533. The van der Waals surface area contributed by atoms with Gasteiger partial charge in [-0.3, -0.25) is 0 Å². The molecule has 1 rings (SSSR count). The first-order chi connectivity index (χ1) is 11.6. The zero-order valence-electron chi connectivity index (χ0n) is 13.8. The first kappa shape index (κ1) is 24.2. The van der Waals surface area contributed by atoms with Crippen molar-refractivity contribution in [1.29, 1.82) is 0 Å². The molecule has 0 spiro atoms. The van der Waals surface area contributed by atoms with Crippen molar-refractivity contribution in [2.24, 2.45) is 23.2 Å². The van der Waals surface area contributed by atoms with Gasteiger partial charge in [-0.05, 0) is 31.6 Å². The Morgan fingerprint density at radius 2 is 1.04 bits per heavy atom. The molecule has 162 valence electrons. The molecule has 0 aliphatic heterocycles. The SMILES string of the molecule is CC1CCC(C(O)(C(F)(F)F)C(F)(F)F)CC1C(C)(C(F)(F)F)C(F)(F)F. The summed E-state index contributed by atoms with van der Waals surface area (Å²) in [6.07, 6.45) is -28.1. The molecule has 0 bridgehead atoms. The Balaban J connectivity index is 3.50. The molecule has 3 unspecified atom stereocenters. The maximum atomic E-state index is 13.2. The minimum Gasteiger partial charge on any atom is -0.373 e. The lowest BCUT2D eigenvalue weighted by Gasteiger charge is -2.50. The molecular weight excluding hydrogens is 412 g/mol. The monoisotopic (exact) mass is 428 g/mol. The van der Waals surface area contributed by atoms with Crippen LogP contribution in [0.15, 0.2) is 0 Å². The van der Waals surface area contributed by atoms with Gasteiger partial charge in [0.15, 0.2) is 5.41 Å². The molecular formula is C14H16F12O. The van der Waals surface area contributed by atoms with E-state index in [0.717, 1.165) is 6.92 Å². The van der Waals surface area contributed by atoms with Crippen molar-refractivity contribution in [3.63, 3.8) is 0 Å². The van der Waals surface area contributed by atoms with Gasteiger partial charge in [-0.25, -0.2) is 0 Å². The third-order valence-electron chi connectivity index (χ3n) is 5.57. The molecule has 1 fully saturated rings. The topological polar surface area (TPSA) is 20.2 Å². The smallest absolute Gasteiger partial charge is 0.373 e. The second-order valence-electron chi connectivity index (χ2n) is 7.05. The summed E-state index contributed by atoms with van der Waals surface area (Å²) in [5, 5.41) is 9.37. The fourth-order valence-corrected chi connectivity index (χ4v) is 3.71. The standard InChI is InChI=1S/C14H16F12O/c1-6-3-4-7(10(27,13(21,22)23)14(24,25)26)5-8(6)9(2,11(15,16)17)12(18,19)20/h6-8,27H,3-5H2,1-2H3. The van der Waals surface area contributed by atoms with Crippen LogP contribution in [0.2, 0.25) is 0 Å². The van der Waals surface area contributed by atoms with Gasteiger partial charge in [-0.2, -0.15) is 52.7 Å². The normalized spacial score (nSPS) is 27.0. The fourth-order valence-electron chi connectivity index (χ4n) is 3.71. The van der Waals surface area contributed by atoms with Gasteiger partial charge in [0.05, 0.1) is 0 Å². The van der Waals surface area contributed by atoms with Gasteiger partial charge in [-0.15, -0.1) is 0 Å². The van der Waals surface area contributed by atoms with Crippen LogP contribution in [0, 0.1) is 23.2 Å². The van der Waals surface area contributed by atoms with E-state index in [9.17, 15) is 57.8 Å². The first-order valence-corrected chi connectivity index (χ1v) is 7.61. The van der Waals surface area contributed by atoms with Gasteiger partial charge >= 0.3 is 24.7 Å². The lowest BCUT2D eigenvalue weighted by atomic mass is 9.59. The van der Waals surface area contributed by atoms with Gasteiger partial charge in [-0.1, -0.05) is 13.3 Å². The zero-order chi connectivity index (χ0) is 21.9. The van der Waals surface area contributed by atoms with Gasteiger partial charge in [0, 0.05) is 5.92 Å². The summed E-state index contributed by atoms with van der Waals surface area (Å²) in [7, 11) is 0. The molecule has 0 aromatic heterocycles. The van der Waals surface area contributed by atoms with E-state index in [2.05, 4.69) is 0 Å². The second-order valence-corrected chi connectivity index (χ2v) is 7.05. The van der Waals surface area contributed by atoms with Crippen LogP contribution in [0.25, 0.3) is 0 Å². The summed E-state index contributed by atoms with van der Waals surface area (Å²) in [6.45, 7) is 0.619. The van der Waals surface area contributed by atoms with Crippen LogP contribution in [0.1, 0.15) is 33.1 Å². The first-order valence-electron chi connectivity index (χ1n) is 7.61. The minimum atomic E-state index is -6.33. The third kappa shape index (κ3) is 3.71. The van der Waals surface area contributed by atoms with Gasteiger partial charge in [0.2, 0.25) is 0 Å². The van der Waals surface area contributed by atoms with Crippen LogP contribution in [0.3, 0.4) is 0 Å². The molecule has 1 N–H and O–H groups in total. The Bertz CT molecular complexity index is 498. The third-order valence-corrected chi connectivity index (χ3v) is 5.57. The van der Waals surface area contributed by atoms with Crippen LogP contribution in [-0.2, 0) is 0 Å². The van der Waals surface area contributed by atoms with E-state index in [0.29, 0.717) is 0 Å². The van der Waals surface area contributed by atoms with Crippen molar-refractivity contribution in [3.05, 3.63) is 0 Å². The zero-order valence-corrected chi connectivity index (χ0v) is 13.8. The number of hydrogen-bond donors (Lipinski definition) is 1. The maximum Gasteiger partial charge on any atom is 0.426 e. The minimum absolute atomic E-state index is 0.281. The van der Waals surface area contributed by atoms with Crippen LogP contribution in [-0.4, -0.2) is 35.4 Å². The van der Waals surface area contributed by atoms with E-state index in [1.165, 1.54) is 0 Å². The predicted octanol–water partition coefficient (Wildman–Crippen LogP) is 6.03. The predicted molar refractivity (Wildman–Crippen MR) is 67.3 cm³/mol. The molecule has 1 aliphatic carbocycles. The fraction of sp³-hybridized carbons (Fsp3) is 1.00. The molecule has 3 atom stereocenters.